The molecule has 0 radical (unpaired) electrons. The molecule has 0 atom stereocenters. The van der Waals surface area contributed by atoms with Crippen LogP contribution in [-0.2, 0) is 0 Å². The van der Waals surface area contributed by atoms with Crippen molar-refractivity contribution in [3.8, 4) is 0 Å². The maximum atomic E-state index is 12.7. The summed E-state index contributed by atoms with van der Waals surface area (Å²) in [6.45, 7) is 7.14. The minimum absolute atomic E-state index is 0.0960. The lowest BCUT2D eigenvalue weighted by molar-refractivity contribution is 0.0688. The number of carboxylic acids is 1. The predicted octanol–water partition coefficient (Wildman–Crippen LogP) is 3.05. The van der Waals surface area contributed by atoms with Crippen molar-refractivity contribution >= 4 is 23.2 Å². The van der Waals surface area contributed by atoms with Crippen LogP contribution < -0.4 is 0 Å². The molecule has 3 rings (SSSR count). The Balaban J connectivity index is 1.69. The molecule has 3 heterocycles. The molecule has 0 unspecified atom stereocenters. The van der Waals surface area contributed by atoms with E-state index in [1.54, 1.807) is 22.9 Å². The summed E-state index contributed by atoms with van der Waals surface area (Å²) in [6, 6.07) is 0.146. The SMILES string of the molecule is Cc1scc(C(=O)N2CCC(n3ncc(C(=O)O)c3C)CC2)c1C. The van der Waals surface area contributed by atoms with E-state index in [9.17, 15) is 9.59 Å². The van der Waals surface area contributed by atoms with Crippen LogP contribution in [0.4, 0.5) is 0 Å². The topological polar surface area (TPSA) is 75.4 Å². The molecule has 0 aliphatic carbocycles. The molecule has 1 amide bonds. The smallest absolute Gasteiger partial charge is 0.339 e. The number of piperidine rings is 1. The average Bonchev–Trinajstić information content (AvgIpc) is 3.11. The molecule has 2 aromatic heterocycles. The normalized spacial score (nSPS) is 15.7. The van der Waals surface area contributed by atoms with Gasteiger partial charge in [0.05, 0.1) is 23.5 Å². The lowest BCUT2D eigenvalue weighted by Crippen LogP contribution is -2.39. The van der Waals surface area contributed by atoms with Crippen LogP contribution in [-0.4, -0.2) is 44.8 Å². The Morgan fingerprint density at radius 2 is 1.88 bits per heavy atom. The number of aromatic carboxylic acids is 1. The largest absolute Gasteiger partial charge is 0.478 e. The first-order valence-electron chi connectivity index (χ1n) is 8.01. The fourth-order valence-electron chi connectivity index (χ4n) is 3.21. The van der Waals surface area contributed by atoms with Crippen molar-refractivity contribution in [1.29, 1.82) is 0 Å². The van der Waals surface area contributed by atoms with Crippen molar-refractivity contribution in [1.82, 2.24) is 14.7 Å². The Hall–Kier alpha value is -2.15. The van der Waals surface area contributed by atoms with Crippen molar-refractivity contribution in [2.24, 2.45) is 0 Å². The summed E-state index contributed by atoms with van der Waals surface area (Å²) < 4.78 is 1.80. The Morgan fingerprint density at radius 3 is 2.38 bits per heavy atom. The van der Waals surface area contributed by atoms with Crippen molar-refractivity contribution in [2.75, 3.05) is 13.1 Å². The number of hydrogen-bond donors (Lipinski definition) is 1. The summed E-state index contributed by atoms with van der Waals surface area (Å²) >= 11 is 1.61. The Labute approximate surface area is 144 Å². The number of likely N-dealkylation sites (tertiary alicyclic amines) is 1. The van der Waals surface area contributed by atoms with E-state index >= 15 is 0 Å². The Kier molecular flexibility index (Phi) is 4.45. The van der Waals surface area contributed by atoms with Gasteiger partial charge in [0.2, 0.25) is 0 Å². The molecule has 128 valence electrons. The van der Waals surface area contributed by atoms with Gasteiger partial charge in [-0.05, 0) is 39.2 Å². The zero-order valence-electron chi connectivity index (χ0n) is 14.1. The number of aromatic nitrogens is 2. The van der Waals surface area contributed by atoms with Gasteiger partial charge in [0.1, 0.15) is 5.56 Å². The number of carbonyl (C=O) groups excluding carboxylic acids is 1. The fourth-order valence-corrected chi connectivity index (χ4v) is 4.07. The van der Waals surface area contributed by atoms with Gasteiger partial charge in [-0.25, -0.2) is 4.79 Å². The molecule has 0 bridgehead atoms. The highest BCUT2D eigenvalue weighted by molar-refractivity contribution is 7.10. The van der Waals surface area contributed by atoms with Crippen molar-refractivity contribution in [2.45, 2.75) is 39.7 Å². The third-order valence-corrected chi connectivity index (χ3v) is 5.90. The summed E-state index contributed by atoms with van der Waals surface area (Å²) in [5.74, 6) is -0.853. The highest BCUT2D eigenvalue weighted by atomic mass is 32.1. The number of nitrogens with zero attached hydrogens (tertiary/aromatic N) is 3. The van der Waals surface area contributed by atoms with Crippen LogP contribution in [0.15, 0.2) is 11.6 Å². The van der Waals surface area contributed by atoms with E-state index in [1.165, 1.54) is 11.1 Å². The average molecular weight is 347 g/mol. The van der Waals surface area contributed by atoms with Gasteiger partial charge in [0, 0.05) is 23.3 Å². The van der Waals surface area contributed by atoms with E-state index in [-0.39, 0.29) is 17.5 Å². The van der Waals surface area contributed by atoms with Crippen LogP contribution in [0.25, 0.3) is 0 Å². The first-order chi connectivity index (χ1) is 11.4. The van der Waals surface area contributed by atoms with Gasteiger partial charge in [0.15, 0.2) is 0 Å². The van der Waals surface area contributed by atoms with Gasteiger partial charge in [-0.1, -0.05) is 0 Å². The zero-order chi connectivity index (χ0) is 17.4. The number of rotatable bonds is 3. The van der Waals surface area contributed by atoms with Gasteiger partial charge < -0.3 is 10.0 Å². The van der Waals surface area contributed by atoms with E-state index in [1.807, 2.05) is 24.1 Å². The predicted molar refractivity (Wildman–Crippen MR) is 91.9 cm³/mol. The molecule has 24 heavy (non-hydrogen) atoms. The van der Waals surface area contributed by atoms with Crippen molar-refractivity contribution in [3.63, 3.8) is 0 Å². The molecule has 1 N–H and O–H groups in total. The maximum absolute atomic E-state index is 12.7. The van der Waals surface area contributed by atoms with Gasteiger partial charge in [0.25, 0.3) is 5.91 Å². The quantitative estimate of drug-likeness (QED) is 0.926. The van der Waals surface area contributed by atoms with Crippen LogP contribution in [0, 0.1) is 20.8 Å². The van der Waals surface area contributed by atoms with E-state index in [2.05, 4.69) is 5.10 Å². The zero-order valence-corrected chi connectivity index (χ0v) is 14.9. The highest BCUT2D eigenvalue weighted by Gasteiger charge is 2.28. The molecule has 0 spiro atoms. The van der Waals surface area contributed by atoms with Gasteiger partial charge in [-0.2, -0.15) is 5.10 Å². The number of aryl methyl sites for hydroxylation is 1. The molecule has 2 aromatic rings. The van der Waals surface area contributed by atoms with E-state index in [4.69, 9.17) is 5.11 Å². The van der Waals surface area contributed by atoms with Gasteiger partial charge >= 0.3 is 5.97 Å². The molecule has 1 aliphatic heterocycles. The molecule has 6 nitrogen and oxygen atoms in total. The molecular weight excluding hydrogens is 326 g/mol. The van der Waals surface area contributed by atoms with E-state index < -0.39 is 5.97 Å². The number of thiophene rings is 1. The van der Waals surface area contributed by atoms with Crippen LogP contribution in [0.2, 0.25) is 0 Å². The summed E-state index contributed by atoms with van der Waals surface area (Å²) in [7, 11) is 0. The summed E-state index contributed by atoms with van der Waals surface area (Å²) in [4.78, 5) is 26.9. The molecule has 1 fully saturated rings. The minimum atomic E-state index is -0.949. The van der Waals surface area contributed by atoms with Crippen molar-refractivity contribution < 1.29 is 14.7 Å². The molecule has 1 aliphatic rings. The molecular formula is C17H21N3O3S. The number of carbonyl (C=O) groups is 2. The molecule has 7 heteroatoms. The van der Waals surface area contributed by atoms with Crippen LogP contribution in [0.3, 0.4) is 0 Å². The number of carboxylic acid groups (broad SMARTS) is 1. The summed E-state index contributed by atoms with van der Waals surface area (Å²) in [5, 5.41) is 15.3. The summed E-state index contributed by atoms with van der Waals surface area (Å²) in [6.07, 6.45) is 2.98. The molecule has 0 saturated carbocycles. The second kappa shape index (κ2) is 6.39. The van der Waals surface area contributed by atoms with Crippen molar-refractivity contribution in [3.05, 3.63) is 38.8 Å². The van der Waals surface area contributed by atoms with Crippen LogP contribution in [0.5, 0.6) is 0 Å². The van der Waals surface area contributed by atoms with Crippen LogP contribution >= 0.6 is 11.3 Å². The second-order valence-corrected chi connectivity index (χ2v) is 7.33. The molecule has 0 aromatic carbocycles. The number of amides is 1. The van der Waals surface area contributed by atoms with Gasteiger partial charge in [-0.3, -0.25) is 9.48 Å². The highest BCUT2D eigenvalue weighted by Crippen LogP contribution is 2.27. The second-order valence-electron chi connectivity index (χ2n) is 6.25. The third-order valence-electron chi connectivity index (χ3n) is 4.89. The number of hydrogen-bond acceptors (Lipinski definition) is 4. The van der Waals surface area contributed by atoms with Gasteiger partial charge in [-0.15, -0.1) is 11.3 Å². The fraction of sp³-hybridized carbons (Fsp3) is 0.471. The lowest BCUT2D eigenvalue weighted by Gasteiger charge is -2.32. The monoisotopic (exact) mass is 347 g/mol. The third kappa shape index (κ3) is 2.84. The minimum Gasteiger partial charge on any atom is -0.478 e. The molecule has 1 saturated heterocycles. The Bertz CT molecular complexity index is 785. The standard InChI is InChI=1S/C17H21N3O3S/c1-10-12(3)24-9-15(10)16(21)19-6-4-13(5-7-19)20-11(2)14(8-18-20)17(22)23/h8-9,13H,4-7H2,1-3H3,(H,22,23). The maximum Gasteiger partial charge on any atom is 0.339 e. The lowest BCUT2D eigenvalue weighted by atomic mass is 10.0. The van der Waals surface area contributed by atoms with Crippen LogP contribution in [0.1, 0.15) is 55.7 Å². The van der Waals surface area contributed by atoms with E-state index in [0.29, 0.717) is 18.8 Å². The first-order valence-corrected chi connectivity index (χ1v) is 8.89. The summed E-state index contributed by atoms with van der Waals surface area (Å²) in [5.41, 5.74) is 2.80. The Morgan fingerprint density at radius 1 is 1.21 bits per heavy atom. The van der Waals surface area contributed by atoms with E-state index in [0.717, 1.165) is 24.0 Å². The first kappa shape index (κ1) is 16.7.